The fraction of sp³-hybridized carbons (Fsp3) is 0.500. The first kappa shape index (κ1) is 12.3. The molecule has 0 aromatic heterocycles. The van der Waals surface area contributed by atoms with Crippen LogP contribution in [0.1, 0.15) is 30.0 Å². The zero-order valence-electron chi connectivity index (χ0n) is 9.25. The SMILES string of the molecule is COc1cc([C@H]2CCCN2)ccc1C.Cl. The number of rotatable bonds is 2. The van der Waals surface area contributed by atoms with Crippen molar-refractivity contribution in [2.45, 2.75) is 25.8 Å². The average molecular weight is 228 g/mol. The van der Waals surface area contributed by atoms with E-state index in [1.165, 1.54) is 24.0 Å². The van der Waals surface area contributed by atoms with E-state index in [0.717, 1.165) is 12.3 Å². The molecule has 0 radical (unpaired) electrons. The highest BCUT2D eigenvalue weighted by atomic mass is 35.5. The van der Waals surface area contributed by atoms with Crippen molar-refractivity contribution in [2.24, 2.45) is 0 Å². The number of hydrogen-bond acceptors (Lipinski definition) is 2. The van der Waals surface area contributed by atoms with E-state index in [9.17, 15) is 0 Å². The van der Waals surface area contributed by atoms with Crippen molar-refractivity contribution in [3.8, 4) is 5.75 Å². The molecule has 1 aliphatic rings. The van der Waals surface area contributed by atoms with Crippen LogP contribution >= 0.6 is 12.4 Å². The Hall–Kier alpha value is -0.730. The number of halogens is 1. The molecule has 0 bridgehead atoms. The van der Waals surface area contributed by atoms with E-state index in [1.54, 1.807) is 7.11 Å². The normalized spacial score (nSPS) is 19.7. The predicted octanol–water partition coefficient (Wildman–Crippen LogP) is 2.85. The molecule has 2 nitrogen and oxygen atoms in total. The molecule has 1 atom stereocenters. The highest BCUT2D eigenvalue weighted by Gasteiger charge is 2.16. The lowest BCUT2D eigenvalue weighted by molar-refractivity contribution is 0.410. The largest absolute Gasteiger partial charge is 0.496 e. The number of ether oxygens (including phenoxy) is 1. The van der Waals surface area contributed by atoms with Crippen LogP contribution in [0.2, 0.25) is 0 Å². The Kier molecular flexibility index (Phi) is 4.43. The molecule has 0 saturated carbocycles. The summed E-state index contributed by atoms with van der Waals surface area (Å²) >= 11 is 0. The van der Waals surface area contributed by atoms with E-state index < -0.39 is 0 Å². The summed E-state index contributed by atoms with van der Waals surface area (Å²) in [6, 6.07) is 7.01. The lowest BCUT2D eigenvalue weighted by atomic mass is 10.0. The molecule has 1 heterocycles. The highest BCUT2D eigenvalue weighted by Crippen LogP contribution is 2.27. The van der Waals surface area contributed by atoms with Gasteiger partial charge < -0.3 is 10.1 Å². The van der Waals surface area contributed by atoms with Gasteiger partial charge >= 0.3 is 0 Å². The number of benzene rings is 1. The Labute approximate surface area is 97.4 Å². The minimum atomic E-state index is 0. The lowest BCUT2D eigenvalue weighted by Crippen LogP contribution is -2.12. The van der Waals surface area contributed by atoms with Gasteiger partial charge in [0.25, 0.3) is 0 Å². The van der Waals surface area contributed by atoms with Crippen LogP contribution in [-0.4, -0.2) is 13.7 Å². The van der Waals surface area contributed by atoms with Crippen LogP contribution in [0.5, 0.6) is 5.75 Å². The molecular formula is C12H18ClNO. The van der Waals surface area contributed by atoms with Gasteiger partial charge in [-0.05, 0) is 43.5 Å². The second-order valence-corrected chi connectivity index (χ2v) is 3.88. The molecule has 15 heavy (non-hydrogen) atoms. The minimum Gasteiger partial charge on any atom is -0.496 e. The van der Waals surface area contributed by atoms with E-state index in [1.807, 2.05) is 0 Å². The zero-order chi connectivity index (χ0) is 9.97. The Morgan fingerprint density at radius 2 is 2.20 bits per heavy atom. The maximum atomic E-state index is 5.32. The fourth-order valence-corrected chi connectivity index (χ4v) is 2.02. The number of aryl methyl sites for hydroxylation is 1. The summed E-state index contributed by atoms with van der Waals surface area (Å²) < 4.78 is 5.32. The van der Waals surface area contributed by atoms with Crippen LogP contribution in [0.3, 0.4) is 0 Å². The van der Waals surface area contributed by atoms with Gasteiger partial charge in [0.15, 0.2) is 0 Å². The lowest BCUT2D eigenvalue weighted by Gasteiger charge is -2.13. The van der Waals surface area contributed by atoms with Gasteiger partial charge in [0.2, 0.25) is 0 Å². The van der Waals surface area contributed by atoms with Gasteiger partial charge in [-0.25, -0.2) is 0 Å². The molecule has 1 aromatic rings. The van der Waals surface area contributed by atoms with Crippen LogP contribution in [0.25, 0.3) is 0 Å². The van der Waals surface area contributed by atoms with Crippen molar-refractivity contribution in [2.75, 3.05) is 13.7 Å². The maximum Gasteiger partial charge on any atom is 0.122 e. The van der Waals surface area contributed by atoms with E-state index in [-0.39, 0.29) is 12.4 Å². The molecule has 0 unspecified atom stereocenters. The van der Waals surface area contributed by atoms with Gasteiger partial charge in [-0.15, -0.1) is 12.4 Å². The maximum absolute atomic E-state index is 5.32. The van der Waals surface area contributed by atoms with Crippen molar-refractivity contribution in [1.29, 1.82) is 0 Å². The van der Waals surface area contributed by atoms with Crippen LogP contribution in [-0.2, 0) is 0 Å². The highest BCUT2D eigenvalue weighted by molar-refractivity contribution is 5.85. The summed E-state index contributed by atoms with van der Waals surface area (Å²) in [4.78, 5) is 0. The van der Waals surface area contributed by atoms with Crippen LogP contribution in [0.15, 0.2) is 18.2 Å². The van der Waals surface area contributed by atoms with Gasteiger partial charge in [0, 0.05) is 6.04 Å². The van der Waals surface area contributed by atoms with E-state index >= 15 is 0 Å². The zero-order valence-corrected chi connectivity index (χ0v) is 10.1. The van der Waals surface area contributed by atoms with Gasteiger partial charge in [0.1, 0.15) is 5.75 Å². The number of nitrogens with one attached hydrogen (secondary N) is 1. The molecule has 0 spiro atoms. The third-order valence-electron chi connectivity index (χ3n) is 2.89. The number of hydrogen-bond donors (Lipinski definition) is 1. The summed E-state index contributed by atoms with van der Waals surface area (Å²) in [6.07, 6.45) is 2.52. The van der Waals surface area contributed by atoms with Crippen molar-refractivity contribution < 1.29 is 4.74 Å². The molecule has 1 saturated heterocycles. The van der Waals surface area contributed by atoms with Gasteiger partial charge in [-0.2, -0.15) is 0 Å². The van der Waals surface area contributed by atoms with Crippen molar-refractivity contribution in [3.63, 3.8) is 0 Å². The standard InChI is InChI=1S/C12H17NO.ClH/c1-9-5-6-10(8-12(9)14-2)11-4-3-7-13-11;/h5-6,8,11,13H,3-4,7H2,1-2H3;1H/t11-;/m1./s1. The Balaban J connectivity index is 0.00000112. The second kappa shape index (κ2) is 5.38. The third-order valence-corrected chi connectivity index (χ3v) is 2.89. The molecule has 1 aliphatic heterocycles. The quantitative estimate of drug-likeness (QED) is 0.839. The summed E-state index contributed by atoms with van der Waals surface area (Å²) in [6.45, 7) is 3.21. The molecule has 0 aliphatic carbocycles. The first-order valence-electron chi connectivity index (χ1n) is 5.19. The summed E-state index contributed by atoms with van der Waals surface area (Å²) in [5.74, 6) is 0.996. The Morgan fingerprint density at radius 1 is 1.40 bits per heavy atom. The Bertz CT molecular complexity index is 321. The molecule has 1 fully saturated rings. The molecule has 3 heteroatoms. The van der Waals surface area contributed by atoms with Crippen molar-refractivity contribution in [1.82, 2.24) is 5.32 Å². The average Bonchev–Trinajstić information content (AvgIpc) is 2.71. The summed E-state index contributed by atoms with van der Waals surface area (Å²) in [5, 5.41) is 3.49. The first-order chi connectivity index (χ1) is 6.81. The molecule has 1 aromatic carbocycles. The monoisotopic (exact) mass is 227 g/mol. The van der Waals surface area contributed by atoms with Gasteiger partial charge in [0.05, 0.1) is 7.11 Å². The van der Waals surface area contributed by atoms with Crippen molar-refractivity contribution >= 4 is 12.4 Å². The van der Waals surface area contributed by atoms with Gasteiger partial charge in [-0.1, -0.05) is 12.1 Å². The molecular weight excluding hydrogens is 210 g/mol. The molecule has 84 valence electrons. The van der Waals surface area contributed by atoms with E-state index in [4.69, 9.17) is 4.74 Å². The van der Waals surface area contributed by atoms with Crippen LogP contribution in [0, 0.1) is 6.92 Å². The third kappa shape index (κ3) is 2.64. The number of methoxy groups -OCH3 is 1. The second-order valence-electron chi connectivity index (χ2n) is 3.88. The van der Waals surface area contributed by atoms with E-state index in [0.29, 0.717) is 6.04 Å². The van der Waals surface area contributed by atoms with E-state index in [2.05, 4.69) is 30.4 Å². The first-order valence-corrected chi connectivity index (χ1v) is 5.19. The summed E-state index contributed by atoms with van der Waals surface area (Å²) in [7, 11) is 1.73. The van der Waals surface area contributed by atoms with Crippen LogP contribution in [0.4, 0.5) is 0 Å². The predicted molar refractivity (Wildman–Crippen MR) is 65.0 cm³/mol. The molecule has 0 amide bonds. The molecule has 1 N–H and O–H groups in total. The smallest absolute Gasteiger partial charge is 0.122 e. The van der Waals surface area contributed by atoms with Crippen LogP contribution < -0.4 is 10.1 Å². The van der Waals surface area contributed by atoms with Gasteiger partial charge in [-0.3, -0.25) is 0 Å². The molecule has 2 rings (SSSR count). The minimum absolute atomic E-state index is 0. The van der Waals surface area contributed by atoms with Crippen molar-refractivity contribution in [3.05, 3.63) is 29.3 Å². The fourth-order valence-electron chi connectivity index (χ4n) is 2.02. The Morgan fingerprint density at radius 3 is 2.80 bits per heavy atom. The topological polar surface area (TPSA) is 21.3 Å². The summed E-state index contributed by atoms with van der Waals surface area (Å²) in [5.41, 5.74) is 2.55.